The largest absolute Gasteiger partial charge is 0.420 e. The lowest BCUT2D eigenvalue weighted by Gasteiger charge is -2.19. The number of anilines is 1. The van der Waals surface area contributed by atoms with Gasteiger partial charge < -0.3 is 4.42 Å². The molecule has 0 unspecified atom stereocenters. The predicted octanol–water partition coefficient (Wildman–Crippen LogP) is 3.21. The van der Waals surface area contributed by atoms with Crippen LogP contribution in [0.2, 0.25) is 0 Å². The Bertz CT molecular complexity index is 968. The molecule has 1 aliphatic rings. The lowest BCUT2D eigenvalue weighted by Crippen LogP contribution is -2.24. The Balaban J connectivity index is 1.40. The molecule has 0 aliphatic heterocycles. The first-order chi connectivity index (χ1) is 12.7. The monoisotopic (exact) mass is 372 g/mol. The number of carbonyl (C=O) groups excluding carboxylic acids is 1. The smallest absolute Gasteiger partial charge is 0.408 e. The Morgan fingerprint density at radius 2 is 2.04 bits per heavy atom. The predicted molar refractivity (Wildman–Crippen MR) is 99.3 cm³/mol. The molecule has 1 amide bonds. The second kappa shape index (κ2) is 7.41. The van der Waals surface area contributed by atoms with E-state index in [1.165, 1.54) is 48.0 Å². The molecule has 26 heavy (non-hydrogen) atoms. The summed E-state index contributed by atoms with van der Waals surface area (Å²) in [5.41, 5.74) is 1.07. The van der Waals surface area contributed by atoms with Crippen LogP contribution in [-0.4, -0.2) is 20.7 Å². The van der Waals surface area contributed by atoms with Gasteiger partial charge >= 0.3 is 5.76 Å². The van der Waals surface area contributed by atoms with Gasteiger partial charge in [-0.15, -0.1) is 10.2 Å². The standard InChI is InChI=1S/C18H20N4O3S/c23-15(11-22-13-8-4-5-9-14(13)25-18(22)24)19-17-21-20-16(26-17)10-12-6-2-1-3-7-12/h4-5,8-9,12H,1-3,6-7,10-11H2,(H,19,21,23). The zero-order chi connectivity index (χ0) is 17.9. The molecule has 1 saturated carbocycles. The lowest BCUT2D eigenvalue weighted by molar-refractivity contribution is -0.116. The maximum absolute atomic E-state index is 12.3. The molecule has 0 spiro atoms. The van der Waals surface area contributed by atoms with Crippen molar-refractivity contribution in [1.82, 2.24) is 14.8 Å². The van der Waals surface area contributed by atoms with Crippen molar-refractivity contribution in [2.45, 2.75) is 45.1 Å². The average molecular weight is 372 g/mol. The van der Waals surface area contributed by atoms with E-state index in [4.69, 9.17) is 4.42 Å². The maximum atomic E-state index is 12.3. The summed E-state index contributed by atoms with van der Waals surface area (Å²) in [6.07, 6.45) is 7.34. The SMILES string of the molecule is O=C(Cn1c(=O)oc2ccccc21)Nc1nnc(CC2CCCCC2)s1. The third kappa shape index (κ3) is 3.70. The summed E-state index contributed by atoms with van der Waals surface area (Å²) in [7, 11) is 0. The molecule has 2 aromatic heterocycles. The summed E-state index contributed by atoms with van der Waals surface area (Å²) >= 11 is 1.41. The number of oxazole rings is 1. The minimum absolute atomic E-state index is 0.118. The average Bonchev–Trinajstić information content (AvgIpc) is 3.20. The number of rotatable bonds is 5. The Hall–Kier alpha value is -2.48. The molecule has 0 radical (unpaired) electrons. The molecule has 8 heteroatoms. The van der Waals surface area contributed by atoms with Crippen molar-refractivity contribution in [3.63, 3.8) is 0 Å². The van der Waals surface area contributed by atoms with Gasteiger partial charge in [0.05, 0.1) is 5.52 Å². The number of para-hydroxylation sites is 2. The molecule has 2 heterocycles. The van der Waals surface area contributed by atoms with E-state index >= 15 is 0 Å². The first-order valence-electron chi connectivity index (χ1n) is 8.89. The van der Waals surface area contributed by atoms with E-state index in [1.54, 1.807) is 24.3 Å². The molecule has 7 nitrogen and oxygen atoms in total. The summed E-state index contributed by atoms with van der Waals surface area (Å²) in [5, 5.41) is 12.4. The fourth-order valence-electron chi connectivity index (χ4n) is 3.49. The van der Waals surface area contributed by atoms with Gasteiger partial charge in [-0.05, 0) is 18.1 Å². The van der Waals surface area contributed by atoms with E-state index in [0.29, 0.717) is 22.1 Å². The lowest BCUT2D eigenvalue weighted by atomic mass is 9.87. The van der Waals surface area contributed by atoms with E-state index in [2.05, 4.69) is 15.5 Å². The number of hydrogen-bond acceptors (Lipinski definition) is 6. The third-order valence-electron chi connectivity index (χ3n) is 4.78. The molecule has 1 fully saturated rings. The first kappa shape index (κ1) is 17.0. The van der Waals surface area contributed by atoms with Crippen molar-refractivity contribution in [2.75, 3.05) is 5.32 Å². The topological polar surface area (TPSA) is 90.0 Å². The van der Waals surface area contributed by atoms with Crippen LogP contribution in [0, 0.1) is 5.92 Å². The number of aromatic nitrogens is 3. The fraction of sp³-hybridized carbons (Fsp3) is 0.444. The van der Waals surface area contributed by atoms with Gasteiger partial charge in [0, 0.05) is 6.42 Å². The van der Waals surface area contributed by atoms with Gasteiger partial charge in [0.2, 0.25) is 11.0 Å². The van der Waals surface area contributed by atoms with Crippen LogP contribution in [0.5, 0.6) is 0 Å². The summed E-state index contributed by atoms with van der Waals surface area (Å²) < 4.78 is 6.45. The fourth-order valence-corrected chi connectivity index (χ4v) is 4.36. The second-order valence-electron chi connectivity index (χ2n) is 6.68. The van der Waals surface area contributed by atoms with Crippen molar-refractivity contribution in [3.8, 4) is 0 Å². The molecule has 0 saturated heterocycles. The zero-order valence-electron chi connectivity index (χ0n) is 14.3. The molecule has 4 rings (SSSR count). The van der Waals surface area contributed by atoms with E-state index in [0.717, 1.165) is 11.4 Å². The summed E-state index contributed by atoms with van der Waals surface area (Å²) in [5.74, 6) is -0.188. The van der Waals surface area contributed by atoms with Gasteiger partial charge in [-0.1, -0.05) is 55.6 Å². The first-order valence-corrected chi connectivity index (χ1v) is 9.71. The Morgan fingerprint density at radius 1 is 1.23 bits per heavy atom. The molecule has 1 N–H and O–H groups in total. The van der Waals surface area contributed by atoms with Gasteiger partial charge in [0.25, 0.3) is 0 Å². The van der Waals surface area contributed by atoms with E-state index < -0.39 is 5.76 Å². The van der Waals surface area contributed by atoms with Crippen LogP contribution in [0.3, 0.4) is 0 Å². The van der Waals surface area contributed by atoms with E-state index in [9.17, 15) is 9.59 Å². The number of fused-ring (bicyclic) bond motifs is 1. The van der Waals surface area contributed by atoms with Gasteiger partial charge in [-0.2, -0.15) is 0 Å². The minimum atomic E-state index is -0.545. The molecule has 3 aromatic rings. The van der Waals surface area contributed by atoms with Crippen molar-refractivity contribution >= 4 is 33.5 Å². The van der Waals surface area contributed by atoms with Crippen LogP contribution in [-0.2, 0) is 17.8 Å². The number of benzene rings is 1. The number of carbonyl (C=O) groups is 1. The number of nitrogens with zero attached hydrogens (tertiary/aromatic N) is 3. The highest BCUT2D eigenvalue weighted by Crippen LogP contribution is 2.28. The van der Waals surface area contributed by atoms with Crippen LogP contribution < -0.4 is 11.1 Å². The van der Waals surface area contributed by atoms with Crippen LogP contribution >= 0.6 is 11.3 Å². The Morgan fingerprint density at radius 3 is 2.88 bits per heavy atom. The highest BCUT2D eigenvalue weighted by molar-refractivity contribution is 7.15. The molecule has 1 aliphatic carbocycles. The zero-order valence-corrected chi connectivity index (χ0v) is 15.1. The summed E-state index contributed by atoms with van der Waals surface area (Å²) in [4.78, 5) is 24.2. The highest BCUT2D eigenvalue weighted by atomic mass is 32.1. The van der Waals surface area contributed by atoms with Crippen molar-refractivity contribution in [3.05, 3.63) is 39.8 Å². The van der Waals surface area contributed by atoms with Crippen LogP contribution in [0.15, 0.2) is 33.5 Å². The maximum Gasteiger partial charge on any atom is 0.420 e. The van der Waals surface area contributed by atoms with Crippen molar-refractivity contribution < 1.29 is 9.21 Å². The number of amides is 1. The van der Waals surface area contributed by atoms with Crippen molar-refractivity contribution in [2.24, 2.45) is 5.92 Å². The van der Waals surface area contributed by atoms with Gasteiger partial charge in [0.15, 0.2) is 5.58 Å². The second-order valence-corrected chi connectivity index (χ2v) is 7.74. The van der Waals surface area contributed by atoms with E-state index in [1.807, 2.05) is 0 Å². The quantitative estimate of drug-likeness (QED) is 0.743. The van der Waals surface area contributed by atoms with Gasteiger partial charge in [0.1, 0.15) is 11.6 Å². The number of hydrogen-bond donors (Lipinski definition) is 1. The minimum Gasteiger partial charge on any atom is -0.408 e. The Kier molecular flexibility index (Phi) is 4.83. The summed E-state index contributed by atoms with van der Waals surface area (Å²) in [6.45, 7) is -0.118. The van der Waals surface area contributed by atoms with Crippen LogP contribution in [0.4, 0.5) is 5.13 Å². The number of nitrogens with one attached hydrogen (secondary N) is 1. The normalized spacial score (nSPS) is 15.4. The van der Waals surface area contributed by atoms with Gasteiger partial charge in [-0.3, -0.25) is 14.7 Å². The molecule has 0 bridgehead atoms. The summed E-state index contributed by atoms with van der Waals surface area (Å²) in [6, 6.07) is 7.03. The molecule has 1 aromatic carbocycles. The Labute approximate surface area is 154 Å². The molecule has 136 valence electrons. The third-order valence-corrected chi connectivity index (χ3v) is 5.64. The molecule has 0 atom stereocenters. The molecular weight excluding hydrogens is 352 g/mol. The van der Waals surface area contributed by atoms with Crippen molar-refractivity contribution in [1.29, 1.82) is 0 Å². The van der Waals surface area contributed by atoms with Crippen LogP contribution in [0.25, 0.3) is 11.1 Å². The highest BCUT2D eigenvalue weighted by Gasteiger charge is 2.18. The van der Waals surface area contributed by atoms with Crippen LogP contribution in [0.1, 0.15) is 37.1 Å². The van der Waals surface area contributed by atoms with E-state index in [-0.39, 0.29) is 12.5 Å². The van der Waals surface area contributed by atoms with Gasteiger partial charge in [-0.25, -0.2) is 4.79 Å². The molecular formula is C18H20N4O3S.